The van der Waals surface area contributed by atoms with Crippen molar-refractivity contribution in [2.24, 2.45) is 0 Å². The van der Waals surface area contributed by atoms with Crippen molar-refractivity contribution in [1.82, 2.24) is 9.88 Å². The molecule has 2 fully saturated rings. The molecular weight excluding hydrogens is 316 g/mol. The third-order valence-electron chi connectivity index (χ3n) is 4.52. The third kappa shape index (κ3) is 3.90. The summed E-state index contributed by atoms with van der Waals surface area (Å²) in [5, 5.41) is 9.76. The van der Waals surface area contributed by atoms with Gasteiger partial charge in [-0.1, -0.05) is 0 Å². The fraction of sp³-hybridized carbons (Fsp3) is 0.688. The molecule has 0 aromatic carbocycles. The van der Waals surface area contributed by atoms with E-state index in [1.807, 2.05) is 4.90 Å². The molecule has 1 aromatic heterocycles. The fourth-order valence-electron chi connectivity index (χ4n) is 3.31. The number of ether oxygens (including phenoxy) is 1. The number of carbonyl (C=O) groups is 2. The zero-order valence-electron chi connectivity index (χ0n) is 13.1. The first-order chi connectivity index (χ1) is 11.1. The zero-order valence-corrected chi connectivity index (χ0v) is 13.9. The largest absolute Gasteiger partial charge is 0.481 e. The second kappa shape index (κ2) is 7.40. The Balaban J connectivity index is 1.68. The van der Waals surface area contributed by atoms with Crippen LogP contribution in [0.4, 0.5) is 0 Å². The molecule has 2 aliphatic rings. The lowest BCUT2D eigenvalue weighted by atomic mass is 9.97. The lowest BCUT2D eigenvalue weighted by Gasteiger charge is -2.35. The molecular formula is C16H22N2O4S. The molecule has 0 radical (unpaired) electrons. The lowest BCUT2D eigenvalue weighted by molar-refractivity contribution is -0.137. The average molecular weight is 338 g/mol. The monoisotopic (exact) mass is 338 g/mol. The summed E-state index contributed by atoms with van der Waals surface area (Å²) in [6, 6.07) is 0.0284. The minimum atomic E-state index is -0.804. The van der Waals surface area contributed by atoms with Crippen molar-refractivity contribution < 1.29 is 19.4 Å². The maximum Gasteiger partial charge on any atom is 0.303 e. The van der Waals surface area contributed by atoms with E-state index in [0.29, 0.717) is 17.8 Å². The molecule has 2 unspecified atom stereocenters. The molecule has 2 atom stereocenters. The molecule has 3 heterocycles. The van der Waals surface area contributed by atoms with Crippen molar-refractivity contribution >= 4 is 23.2 Å². The van der Waals surface area contributed by atoms with Gasteiger partial charge in [-0.25, -0.2) is 4.98 Å². The molecule has 1 aromatic rings. The lowest BCUT2D eigenvalue weighted by Crippen LogP contribution is -2.43. The Hall–Kier alpha value is -1.47. The summed E-state index contributed by atoms with van der Waals surface area (Å²) >= 11 is 1.41. The first-order valence-corrected chi connectivity index (χ1v) is 9.07. The molecule has 126 valence electrons. The van der Waals surface area contributed by atoms with E-state index in [0.717, 1.165) is 43.7 Å². The minimum absolute atomic E-state index is 0.0122. The van der Waals surface area contributed by atoms with Crippen molar-refractivity contribution in [1.29, 1.82) is 0 Å². The maximum absolute atomic E-state index is 12.8. The van der Waals surface area contributed by atoms with Crippen LogP contribution in [0.5, 0.6) is 0 Å². The Kier molecular flexibility index (Phi) is 5.27. The van der Waals surface area contributed by atoms with E-state index in [9.17, 15) is 9.59 Å². The standard InChI is InChI=1S/C16H22N2O4S/c19-14(20)7-6-11-4-1-2-8-18(11)16(21)13-10-17-15(23-13)12-5-3-9-22-12/h10-12H,1-9H2,(H,19,20). The van der Waals surface area contributed by atoms with Crippen LogP contribution < -0.4 is 0 Å². The third-order valence-corrected chi connectivity index (χ3v) is 5.60. The summed E-state index contributed by atoms with van der Waals surface area (Å²) in [5.74, 6) is -0.816. The number of piperidine rings is 1. The molecule has 3 rings (SSSR count). The number of rotatable bonds is 5. The number of carbonyl (C=O) groups excluding carboxylic acids is 1. The number of amides is 1. The SMILES string of the molecule is O=C(O)CCC1CCCCN1C(=O)c1cnc(C2CCCO2)s1. The maximum atomic E-state index is 12.8. The van der Waals surface area contributed by atoms with Crippen LogP contribution in [0.15, 0.2) is 6.20 Å². The number of aromatic nitrogens is 1. The molecule has 2 aliphatic heterocycles. The van der Waals surface area contributed by atoms with Crippen molar-refractivity contribution in [2.75, 3.05) is 13.2 Å². The predicted molar refractivity (Wildman–Crippen MR) is 85.6 cm³/mol. The molecule has 0 bridgehead atoms. The van der Waals surface area contributed by atoms with Crippen molar-refractivity contribution in [3.05, 3.63) is 16.1 Å². The summed E-state index contributed by atoms with van der Waals surface area (Å²) in [6.07, 6.45) is 7.24. The van der Waals surface area contributed by atoms with E-state index in [-0.39, 0.29) is 24.5 Å². The first kappa shape index (κ1) is 16.4. The quantitative estimate of drug-likeness (QED) is 0.893. The van der Waals surface area contributed by atoms with Crippen LogP contribution in [0.3, 0.4) is 0 Å². The molecule has 1 N–H and O–H groups in total. The van der Waals surface area contributed by atoms with Crippen molar-refractivity contribution in [2.45, 2.75) is 57.1 Å². The highest BCUT2D eigenvalue weighted by Crippen LogP contribution is 2.32. The van der Waals surface area contributed by atoms with Crippen molar-refractivity contribution in [3.8, 4) is 0 Å². The number of aliphatic carboxylic acids is 1. The summed E-state index contributed by atoms with van der Waals surface area (Å²) in [7, 11) is 0. The number of hydrogen-bond donors (Lipinski definition) is 1. The summed E-state index contributed by atoms with van der Waals surface area (Å²) in [4.78, 5) is 30.5. The smallest absolute Gasteiger partial charge is 0.303 e. The highest BCUT2D eigenvalue weighted by molar-refractivity contribution is 7.13. The Morgan fingerprint density at radius 2 is 2.22 bits per heavy atom. The molecule has 7 heteroatoms. The molecule has 23 heavy (non-hydrogen) atoms. The second-order valence-corrected chi connectivity index (χ2v) is 7.21. The molecule has 0 saturated carbocycles. The van der Waals surface area contributed by atoms with Crippen LogP contribution in [0, 0.1) is 0 Å². The van der Waals surface area contributed by atoms with Gasteiger partial charge < -0.3 is 14.7 Å². The summed E-state index contributed by atoms with van der Waals surface area (Å²) in [5.41, 5.74) is 0. The Morgan fingerprint density at radius 1 is 1.35 bits per heavy atom. The van der Waals surface area contributed by atoms with Crippen LogP contribution in [0.1, 0.15) is 65.7 Å². The first-order valence-electron chi connectivity index (χ1n) is 8.25. The second-order valence-electron chi connectivity index (χ2n) is 6.14. The molecule has 2 saturated heterocycles. The van der Waals surface area contributed by atoms with Gasteiger partial charge in [0.1, 0.15) is 16.0 Å². The van der Waals surface area contributed by atoms with Gasteiger partial charge in [-0.2, -0.15) is 0 Å². The number of thiazole rings is 1. The van der Waals surface area contributed by atoms with Gasteiger partial charge in [0.25, 0.3) is 5.91 Å². The van der Waals surface area contributed by atoms with Crippen LogP contribution in [-0.4, -0.2) is 46.1 Å². The number of carboxylic acids is 1. The molecule has 0 aliphatic carbocycles. The van der Waals surface area contributed by atoms with E-state index in [1.54, 1.807) is 6.20 Å². The van der Waals surface area contributed by atoms with Gasteiger partial charge in [0.2, 0.25) is 0 Å². The Labute approximate surface area is 139 Å². The molecule has 0 spiro atoms. The minimum Gasteiger partial charge on any atom is -0.481 e. The van der Waals surface area contributed by atoms with Crippen molar-refractivity contribution in [3.63, 3.8) is 0 Å². The van der Waals surface area contributed by atoms with Gasteiger partial charge in [0.05, 0.1) is 6.20 Å². The van der Waals surface area contributed by atoms with Crippen LogP contribution in [0.2, 0.25) is 0 Å². The highest BCUT2D eigenvalue weighted by Gasteiger charge is 2.30. The van der Waals surface area contributed by atoms with E-state index in [1.165, 1.54) is 11.3 Å². The topological polar surface area (TPSA) is 79.7 Å². The van der Waals surface area contributed by atoms with E-state index in [2.05, 4.69) is 4.98 Å². The zero-order chi connectivity index (χ0) is 16.2. The normalized spacial score (nSPS) is 24.8. The number of carboxylic acid groups (broad SMARTS) is 1. The van der Waals surface area contributed by atoms with Gasteiger partial charge in [0, 0.05) is 25.6 Å². The van der Waals surface area contributed by atoms with E-state index in [4.69, 9.17) is 9.84 Å². The summed E-state index contributed by atoms with van der Waals surface area (Å²) in [6.45, 7) is 1.47. The fourth-order valence-corrected chi connectivity index (χ4v) is 4.27. The number of likely N-dealkylation sites (tertiary alicyclic amines) is 1. The highest BCUT2D eigenvalue weighted by atomic mass is 32.1. The Morgan fingerprint density at radius 3 is 2.96 bits per heavy atom. The van der Waals surface area contributed by atoms with Gasteiger partial charge in [0.15, 0.2) is 0 Å². The van der Waals surface area contributed by atoms with E-state index >= 15 is 0 Å². The van der Waals surface area contributed by atoms with Crippen LogP contribution in [0.25, 0.3) is 0 Å². The Bertz CT molecular complexity index is 568. The van der Waals surface area contributed by atoms with Crippen LogP contribution >= 0.6 is 11.3 Å². The molecule has 6 nitrogen and oxygen atoms in total. The van der Waals surface area contributed by atoms with Gasteiger partial charge in [-0.3, -0.25) is 9.59 Å². The summed E-state index contributed by atoms with van der Waals surface area (Å²) < 4.78 is 5.62. The van der Waals surface area contributed by atoms with E-state index < -0.39 is 5.97 Å². The average Bonchev–Trinajstić information content (AvgIpc) is 3.23. The number of nitrogens with zero attached hydrogens (tertiary/aromatic N) is 2. The molecule has 1 amide bonds. The van der Waals surface area contributed by atoms with Gasteiger partial charge in [-0.05, 0) is 38.5 Å². The van der Waals surface area contributed by atoms with Crippen LogP contribution in [-0.2, 0) is 9.53 Å². The van der Waals surface area contributed by atoms with Gasteiger partial charge >= 0.3 is 5.97 Å². The predicted octanol–water partition coefficient (Wildman–Crippen LogP) is 2.85. The number of hydrogen-bond acceptors (Lipinski definition) is 5. The van der Waals surface area contributed by atoms with Gasteiger partial charge in [-0.15, -0.1) is 11.3 Å².